The smallest absolute Gasteiger partial charge is 0.342 e. The summed E-state index contributed by atoms with van der Waals surface area (Å²) in [7, 11) is 0. The Morgan fingerprint density at radius 2 is 1.87 bits per heavy atom. The number of benzene rings is 2. The van der Waals surface area contributed by atoms with Crippen molar-refractivity contribution in [3.8, 4) is 17.0 Å². The summed E-state index contributed by atoms with van der Waals surface area (Å²) >= 11 is 0. The van der Waals surface area contributed by atoms with Crippen LogP contribution < -0.4 is 10.6 Å². The van der Waals surface area contributed by atoms with E-state index in [2.05, 4.69) is 15.7 Å². The van der Waals surface area contributed by atoms with Crippen molar-refractivity contribution in [3.05, 3.63) is 65.4 Å². The normalized spacial score (nSPS) is 13.1. The third-order valence-electron chi connectivity index (χ3n) is 5.08. The summed E-state index contributed by atoms with van der Waals surface area (Å²) < 4.78 is 1.41. The molecule has 0 radical (unpaired) electrons. The maximum Gasteiger partial charge on any atom is 0.342 e. The average molecular weight is 404 g/mol. The van der Waals surface area contributed by atoms with E-state index < -0.39 is 0 Å². The van der Waals surface area contributed by atoms with Crippen molar-refractivity contribution < 1.29 is 14.7 Å². The van der Waals surface area contributed by atoms with Crippen molar-refractivity contribution in [1.82, 2.24) is 15.1 Å². The van der Waals surface area contributed by atoms with Crippen LogP contribution in [-0.2, 0) is 11.3 Å². The van der Waals surface area contributed by atoms with Crippen LogP contribution in [0.25, 0.3) is 11.3 Å². The van der Waals surface area contributed by atoms with Crippen molar-refractivity contribution in [2.45, 2.75) is 39.2 Å². The molecule has 7 heteroatoms. The number of aromatic hydroxyl groups is 1. The second-order valence-electron chi connectivity index (χ2n) is 7.70. The van der Waals surface area contributed by atoms with Crippen LogP contribution in [0.3, 0.4) is 0 Å². The molecule has 3 aromatic rings. The number of aryl methyl sites for hydroxylation is 1. The number of phenols is 1. The minimum atomic E-state index is -0.293. The second-order valence-corrected chi connectivity index (χ2v) is 7.70. The second kappa shape index (κ2) is 8.02. The van der Waals surface area contributed by atoms with E-state index in [9.17, 15) is 14.7 Å². The van der Waals surface area contributed by atoms with Gasteiger partial charge in [0, 0.05) is 36.7 Å². The monoisotopic (exact) mass is 404 g/mol. The van der Waals surface area contributed by atoms with Crippen molar-refractivity contribution in [1.29, 1.82) is 0 Å². The number of rotatable bonds is 5. The summed E-state index contributed by atoms with van der Waals surface area (Å²) in [5, 5.41) is 20.5. The SMILES string of the molecule is CC(=O)Nc1ccc(-c2cc(C3CC3)n(C(=O)NCc3ccc(C)cc3)n2)c(O)c1. The lowest BCUT2D eigenvalue weighted by Gasteiger charge is -2.08. The molecule has 2 amide bonds. The van der Waals surface area contributed by atoms with Gasteiger partial charge in [-0.1, -0.05) is 29.8 Å². The van der Waals surface area contributed by atoms with Crippen molar-refractivity contribution >= 4 is 17.6 Å². The number of carbonyl (C=O) groups excluding carboxylic acids is 2. The van der Waals surface area contributed by atoms with Gasteiger partial charge in [0.15, 0.2) is 0 Å². The maximum absolute atomic E-state index is 12.8. The molecule has 154 valence electrons. The Labute approximate surface area is 174 Å². The molecule has 7 nitrogen and oxygen atoms in total. The van der Waals surface area contributed by atoms with Gasteiger partial charge in [-0.25, -0.2) is 4.79 Å². The minimum absolute atomic E-state index is 0.00619. The van der Waals surface area contributed by atoms with Crippen molar-refractivity contribution in [2.24, 2.45) is 0 Å². The number of hydrogen-bond acceptors (Lipinski definition) is 4. The molecule has 30 heavy (non-hydrogen) atoms. The summed E-state index contributed by atoms with van der Waals surface area (Å²) in [6, 6.07) is 14.4. The van der Waals surface area contributed by atoms with Crippen molar-refractivity contribution in [2.75, 3.05) is 5.32 Å². The lowest BCUT2D eigenvalue weighted by atomic mass is 10.1. The van der Waals surface area contributed by atoms with E-state index in [4.69, 9.17) is 0 Å². The van der Waals surface area contributed by atoms with Crippen LogP contribution in [0.5, 0.6) is 5.75 Å². The summed E-state index contributed by atoms with van der Waals surface area (Å²) in [6.45, 7) is 3.84. The van der Waals surface area contributed by atoms with E-state index >= 15 is 0 Å². The quantitative estimate of drug-likeness (QED) is 0.595. The van der Waals surface area contributed by atoms with Crippen LogP contribution in [0.4, 0.5) is 10.5 Å². The van der Waals surface area contributed by atoms with Crippen LogP contribution in [0, 0.1) is 6.92 Å². The van der Waals surface area contributed by atoms with Gasteiger partial charge >= 0.3 is 6.03 Å². The number of nitrogens with one attached hydrogen (secondary N) is 2. The first kappa shape index (κ1) is 19.7. The molecule has 0 unspecified atom stereocenters. The zero-order chi connectivity index (χ0) is 21.3. The van der Waals surface area contributed by atoms with Crippen LogP contribution in [-0.4, -0.2) is 26.8 Å². The van der Waals surface area contributed by atoms with Gasteiger partial charge in [0.2, 0.25) is 5.91 Å². The largest absolute Gasteiger partial charge is 0.507 e. The Morgan fingerprint density at radius 1 is 1.13 bits per heavy atom. The number of hydrogen-bond donors (Lipinski definition) is 3. The van der Waals surface area contributed by atoms with Gasteiger partial charge in [0.05, 0.1) is 11.4 Å². The standard InChI is InChI=1S/C23H24N4O3/c1-14-3-5-16(6-4-14)13-24-23(30)27-21(17-7-8-17)12-20(26-27)19-10-9-18(11-22(19)29)25-15(2)28/h3-6,9-12,17,29H,7-8,13H2,1-2H3,(H,24,30)(H,25,28). The summed E-state index contributed by atoms with van der Waals surface area (Å²) in [5.41, 5.74) is 4.56. The third-order valence-corrected chi connectivity index (χ3v) is 5.08. The Bertz CT molecular complexity index is 1100. The van der Waals surface area contributed by atoms with E-state index in [1.165, 1.54) is 23.2 Å². The fourth-order valence-corrected chi connectivity index (χ4v) is 3.35. The first-order valence-electron chi connectivity index (χ1n) is 9.95. The first-order valence-corrected chi connectivity index (χ1v) is 9.95. The molecule has 0 bridgehead atoms. The predicted octanol–water partition coefficient (Wildman–Crippen LogP) is 4.16. The van der Waals surface area contributed by atoms with Gasteiger partial charge in [-0.2, -0.15) is 9.78 Å². The molecule has 1 aliphatic rings. The molecule has 0 saturated heterocycles. The van der Waals surface area contributed by atoms with Gasteiger partial charge in [0.25, 0.3) is 0 Å². The topological polar surface area (TPSA) is 96.3 Å². The average Bonchev–Trinajstić information content (AvgIpc) is 3.46. The molecular formula is C23H24N4O3. The first-order chi connectivity index (χ1) is 14.4. The van der Waals surface area contributed by atoms with E-state index in [0.717, 1.165) is 24.1 Å². The Balaban J connectivity index is 1.57. The highest BCUT2D eigenvalue weighted by Gasteiger charge is 2.30. The van der Waals surface area contributed by atoms with Crippen molar-refractivity contribution in [3.63, 3.8) is 0 Å². The van der Waals surface area contributed by atoms with Gasteiger partial charge in [-0.05, 0) is 43.5 Å². The number of nitrogens with zero attached hydrogens (tertiary/aromatic N) is 2. The van der Waals surface area contributed by atoms with Crippen LogP contribution in [0.2, 0.25) is 0 Å². The van der Waals surface area contributed by atoms with Gasteiger partial charge in [-0.15, -0.1) is 0 Å². The van der Waals surface area contributed by atoms with E-state index in [1.807, 2.05) is 37.3 Å². The Morgan fingerprint density at radius 3 is 2.50 bits per heavy atom. The number of phenolic OH excluding ortho intramolecular Hbond substituents is 1. The van der Waals surface area contributed by atoms with E-state index in [0.29, 0.717) is 29.4 Å². The summed E-state index contributed by atoms with van der Waals surface area (Å²) in [6.07, 6.45) is 2.04. The van der Waals surface area contributed by atoms with E-state index in [-0.39, 0.29) is 17.7 Å². The molecule has 4 rings (SSSR count). The third kappa shape index (κ3) is 4.35. The number of anilines is 1. The number of amides is 2. The highest BCUT2D eigenvalue weighted by Crippen LogP contribution is 2.42. The zero-order valence-electron chi connectivity index (χ0n) is 17.0. The highest BCUT2D eigenvalue weighted by molar-refractivity contribution is 5.89. The Hall–Kier alpha value is -3.61. The molecule has 2 aromatic carbocycles. The summed E-state index contributed by atoms with van der Waals surface area (Å²) in [5.74, 6) is 0.0816. The lowest BCUT2D eigenvalue weighted by Crippen LogP contribution is -2.30. The Kier molecular flexibility index (Phi) is 5.27. The highest BCUT2D eigenvalue weighted by atomic mass is 16.3. The van der Waals surface area contributed by atoms with Crippen LogP contribution in [0.15, 0.2) is 48.5 Å². The lowest BCUT2D eigenvalue weighted by molar-refractivity contribution is -0.114. The van der Waals surface area contributed by atoms with Gasteiger partial charge in [-0.3, -0.25) is 4.79 Å². The minimum Gasteiger partial charge on any atom is -0.507 e. The van der Waals surface area contributed by atoms with Gasteiger partial charge in [0.1, 0.15) is 5.75 Å². The molecule has 1 aliphatic carbocycles. The number of carbonyl (C=O) groups is 2. The van der Waals surface area contributed by atoms with E-state index in [1.54, 1.807) is 12.1 Å². The predicted molar refractivity (Wildman–Crippen MR) is 114 cm³/mol. The molecule has 1 heterocycles. The molecule has 0 aliphatic heterocycles. The molecular weight excluding hydrogens is 380 g/mol. The molecule has 0 spiro atoms. The van der Waals surface area contributed by atoms with Crippen LogP contribution in [0.1, 0.15) is 42.5 Å². The van der Waals surface area contributed by atoms with Gasteiger partial charge < -0.3 is 15.7 Å². The molecule has 3 N–H and O–H groups in total. The fourth-order valence-electron chi connectivity index (χ4n) is 3.35. The van der Waals surface area contributed by atoms with Crippen LogP contribution >= 0.6 is 0 Å². The molecule has 1 fully saturated rings. The maximum atomic E-state index is 12.8. The summed E-state index contributed by atoms with van der Waals surface area (Å²) in [4.78, 5) is 24.0. The molecule has 1 saturated carbocycles. The zero-order valence-corrected chi connectivity index (χ0v) is 17.0. The fraction of sp³-hybridized carbons (Fsp3) is 0.261. The molecule has 1 aromatic heterocycles. The number of aromatic nitrogens is 2. The molecule has 0 atom stereocenters.